The van der Waals surface area contributed by atoms with Crippen LogP contribution in [0.25, 0.3) is 0 Å². The van der Waals surface area contributed by atoms with Crippen molar-refractivity contribution >= 4 is 21.8 Å². The SMILES string of the molecule is CC(C)C(N)CNC(=O)c1ccc(F)c(Br)c1. The van der Waals surface area contributed by atoms with Crippen LogP contribution in [0.3, 0.4) is 0 Å². The Morgan fingerprint density at radius 2 is 2.18 bits per heavy atom. The molecule has 0 spiro atoms. The highest BCUT2D eigenvalue weighted by atomic mass is 79.9. The summed E-state index contributed by atoms with van der Waals surface area (Å²) in [5, 5.41) is 2.72. The first-order valence-electron chi connectivity index (χ1n) is 5.40. The summed E-state index contributed by atoms with van der Waals surface area (Å²) in [6, 6.07) is 4.06. The number of halogens is 2. The molecule has 3 nitrogen and oxygen atoms in total. The largest absolute Gasteiger partial charge is 0.350 e. The molecule has 3 N–H and O–H groups in total. The minimum absolute atomic E-state index is 0.0807. The third-order valence-corrected chi connectivity index (χ3v) is 3.14. The van der Waals surface area contributed by atoms with E-state index in [0.717, 1.165) is 0 Å². The van der Waals surface area contributed by atoms with Crippen molar-refractivity contribution in [2.45, 2.75) is 19.9 Å². The quantitative estimate of drug-likeness (QED) is 0.897. The van der Waals surface area contributed by atoms with Gasteiger partial charge in [-0.15, -0.1) is 0 Å². The Kier molecular flexibility index (Phi) is 5.08. The predicted octanol–water partition coefficient (Wildman–Crippen LogP) is 2.30. The van der Waals surface area contributed by atoms with Gasteiger partial charge in [-0.2, -0.15) is 0 Å². The van der Waals surface area contributed by atoms with Crippen LogP contribution in [0, 0.1) is 11.7 Å². The highest BCUT2D eigenvalue weighted by Crippen LogP contribution is 2.16. The van der Waals surface area contributed by atoms with Gasteiger partial charge in [0.05, 0.1) is 4.47 Å². The molecule has 1 aromatic rings. The molecule has 94 valence electrons. The highest BCUT2D eigenvalue weighted by molar-refractivity contribution is 9.10. The van der Waals surface area contributed by atoms with E-state index in [-0.39, 0.29) is 22.2 Å². The smallest absolute Gasteiger partial charge is 0.251 e. The van der Waals surface area contributed by atoms with Crippen LogP contribution >= 0.6 is 15.9 Å². The molecule has 0 aliphatic carbocycles. The highest BCUT2D eigenvalue weighted by Gasteiger charge is 2.11. The Morgan fingerprint density at radius 3 is 2.71 bits per heavy atom. The normalized spacial score (nSPS) is 12.6. The van der Waals surface area contributed by atoms with Crippen LogP contribution < -0.4 is 11.1 Å². The zero-order valence-corrected chi connectivity index (χ0v) is 11.4. The lowest BCUT2D eigenvalue weighted by atomic mass is 10.1. The number of nitrogens with two attached hydrogens (primary N) is 1. The van der Waals surface area contributed by atoms with Gasteiger partial charge in [-0.25, -0.2) is 4.39 Å². The van der Waals surface area contributed by atoms with Gasteiger partial charge in [-0.3, -0.25) is 4.79 Å². The molecule has 0 fully saturated rings. The average molecular weight is 303 g/mol. The molecular formula is C12H16BrFN2O. The summed E-state index contributed by atoms with van der Waals surface area (Å²) < 4.78 is 13.3. The predicted molar refractivity (Wildman–Crippen MR) is 69.2 cm³/mol. The lowest BCUT2D eigenvalue weighted by Crippen LogP contribution is -2.40. The summed E-state index contributed by atoms with van der Waals surface area (Å²) >= 11 is 3.04. The van der Waals surface area contributed by atoms with E-state index in [4.69, 9.17) is 5.73 Å². The van der Waals surface area contributed by atoms with E-state index in [0.29, 0.717) is 18.0 Å². The van der Waals surface area contributed by atoms with Crippen molar-refractivity contribution in [3.8, 4) is 0 Å². The molecule has 0 saturated heterocycles. The number of hydrogen-bond acceptors (Lipinski definition) is 2. The fourth-order valence-electron chi connectivity index (χ4n) is 1.19. The van der Waals surface area contributed by atoms with Crippen LogP contribution in [0.15, 0.2) is 22.7 Å². The van der Waals surface area contributed by atoms with Gasteiger partial charge in [0, 0.05) is 18.2 Å². The van der Waals surface area contributed by atoms with Crippen molar-refractivity contribution in [3.05, 3.63) is 34.1 Å². The Morgan fingerprint density at radius 1 is 1.53 bits per heavy atom. The van der Waals surface area contributed by atoms with Gasteiger partial charge in [0.1, 0.15) is 5.82 Å². The van der Waals surface area contributed by atoms with E-state index in [1.54, 1.807) is 0 Å². The number of amides is 1. The number of rotatable bonds is 4. The molecule has 1 amide bonds. The minimum atomic E-state index is -0.388. The van der Waals surface area contributed by atoms with Crippen molar-refractivity contribution in [3.63, 3.8) is 0 Å². The molecular weight excluding hydrogens is 287 g/mol. The van der Waals surface area contributed by atoms with Crippen LogP contribution in [0.1, 0.15) is 24.2 Å². The van der Waals surface area contributed by atoms with E-state index < -0.39 is 0 Å². The molecule has 5 heteroatoms. The number of nitrogens with one attached hydrogen (secondary N) is 1. The molecule has 0 saturated carbocycles. The molecule has 0 aromatic heterocycles. The summed E-state index contributed by atoms with van der Waals surface area (Å²) in [7, 11) is 0. The van der Waals surface area contributed by atoms with Gasteiger partial charge in [-0.05, 0) is 40.0 Å². The lowest BCUT2D eigenvalue weighted by molar-refractivity contribution is 0.0949. The maximum atomic E-state index is 13.0. The number of benzene rings is 1. The van der Waals surface area contributed by atoms with Crippen LogP contribution in [0.2, 0.25) is 0 Å². The second-order valence-electron chi connectivity index (χ2n) is 4.25. The molecule has 0 heterocycles. The van der Waals surface area contributed by atoms with Gasteiger partial charge in [0.2, 0.25) is 0 Å². The zero-order chi connectivity index (χ0) is 13.0. The molecule has 0 aliphatic heterocycles. The first-order chi connectivity index (χ1) is 7.91. The van der Waals surface area contributed by atoms with Gasteiger partial charge < -0.3 is 11.1 Å². The maximum absolute atomic E-state index is 13.0. The van der Waals surface area contributed by atoms with Crippen LogP contribution in [-0.4, -0.2) is 18.5 Å². The summed E-state index contributed by atoms with van der Waals surface area (Å²) in [5.41, 5.74) is 6.22. The second-order valence-corrected chi connectivity index (χ2v) is 5.10. The van der Waals surface area contributed by atoms with Gasteiger partial charge in [0.25, 0.3) is 5.91 Å². The Labute approximate surface area is 109 Å². The van der Waals surface area contributed by atoms with Gasteiger partial charge >= 0.3 is 0 Å². The Balaban J connectivity index is 2.61. The minimum Gasteiger partial charge on any atom is -0.350 e. The van der Waals surface area contributed by atoms with Crippen molar-refractivity contribution in [2.75, 3.05) is 6.54 Å². The molecule has 1 rings (SSSR count). The third-order valence-electron chi connectivity index (χ3n) is 2.54. The van der Waals surface area contributed by atoms with Crippen molar-refractivity contribution in [1.82, 2.24) is 5.32 Å². The Bertz CT molecular complexity index is 409. The Hall–Kier alpha value is -0.940. The fourth-order valence-corrected chi connectivity index (χ4v) is 1.56. The van der Waals surface area contributed by atoms with E-state index in [9.17, 15) is 9.18 Å². The average Bonchev–Trinajstić information content (AvgIpc) is 2.28. The van der Waals surface area contributed by atoms with E-state index in [2.05, 4.69) is 21.2 Å². The van der Waals surface area contributed by atoms with Crippen molar-refractivity contribution < 1.29 is 9.18 Å². The topological polar surface area (TPSA) is 55.1 Å². The molecule has 1 unspecified atom stereocenters. The fraction of sp³-hybridized carbons (Fsp3) is 0.417. The lowest BCUT2D eigenvalue weighted by Gasteiger charge is -2.16. The van der Waals surface area contributed by atoms with Crippen LogP contribution in [0.5, 0.6) is 0 Å². The summed E-state index contributed by atoms with van der Waals surface area (Å²) in [5.74, 6) is -0.336. The molecule has 0 bridgehead atoms. The van der Waals surface area contributed by atoms with Gasteiger partial charge in [0.15, 0.2) is 0 Å². The second kappa shape index (κ2) is 6.12. The molecule has 0 radical (unpaired) electrons. The van der Waals surface area contributed by atoms with E-state index >= 15 is 0 Å². The van der Waals surface area contributed by atoms with Crippen LogP contribution in [0.4, 0.5) is 4.39 Å². The molecule has 17 heavy (non-hydrogen) atoms. The molecule has 1 aromatic carbocycles. The van der Waals surface area contributed by atoms with Crippen LogP contribution in [-0.2, 0) is 0 Å². The summed E-state index contributed by atoms with van der Waals surface area (Å²) in [6.45, 7) is 4.39. The standard InChI is InChI=1S/C12H16BrFN2O/c1-7(2)11(15)6-16-12(17)8-3-4-10(14)9(13)5-8/h3-5,7,11H,6,15H2,1-2H3,(H,16,17). The monoisotopic (exact) mass is 302 g/mol. The van der Waals surface area contributed by atoms with Gasteiger partial charge in [-0.1, -0.05) is 13.8 Å². The number of carbonyl (C=O) groups is 1. The summed E-state index contributed by atoms with van der Waals surface area (Å²) in [6.07, 6.45) is 0. The zero-order valence-electron chi connectivity index (χ0n) is 9.84. The molecule has 0 aliphatic rings. The first kappa shape index (κ1) is 14.1. The van der Waals surface area contributed by atoms with E-state index in [1.807, 2.05) is 13.8 Å². The van der Waals surface area contributed by atoms with Crippen molar-refractivity contribution in [1.29, 1.82) is 0 Å². The van der Waals surface area contributed by atoms with E-state index in [1.165, 1.54) is 18.2 Å². The third kappa shape index (κ3) is 4.09. The number of carbonyl (C=O) groups excluding carboxylic acids is 1. The van der Waals surface area contributed by atoms with Crippen molar-refractivity contribution in [2.24, 2.45) is 11.7 Å². The first-order valence-corrected chi connectivity index (χ1v) is 6.20. The summed E-state index contributed by atoms with van der Waals surface area (Å²) in [4.78, 5) is 11.7. The molecule has 1 atom stereocenters. The number of hydrogen-bond donors (Lipinski definition) is 2. The maximum Gasteiger partial charge on any atom is 0.251 e.